The Balaban J connectivity index is 1.88. The van der Waals surface area contributed by atoms with Gasteiger partial charge in [-0.3, -0.25) is 0 Å². The van der Waals surface area contributed by atoms with Gasteiger partial charge in [0, 0.05) is 0 Å². The van der Waals surface area contributed by atoms with Gasteiger partial charge in [-0.25, -0.2) is 4.98 Å². The molecule has 0 saturated carbocycles. The minimum atomic E-state index is 0.187. The summed E-state index contributed by atoms with van der Waals surface area (Å²) in [6.07, 6.45) is 0. The molecule has 1 aliphatic rings. The van der Waals surface area contributed by atoms with Crippen molar-refractivity contribution >= 4 is 21.6 Å². The third kappa shape index (κ3) is 2.65. The number of aromatic nitrogens is 1. The molecule has 4 heteroatoms. The Bertz CT molecular complexity index is 600. The lowest BCUT2D eigenvalue weighted by Crippen LogP contribution is -2.23. The van der Waals surface area contributed by atoms with E-state index in [4.69, 9.17) is 4.74 Å². The first-order chi connectivity index (χ1) is 9.24. The second-order valence-electron chi connectivity index (χ2n) is 4.68. The molecule has 1 aromatic carbocycles. The fourth-order valence-corrected chi connectivity index (χ4v) is 2.77. The zero-order chi connectivity index (χ0) is 13.2. The zero-order valence-electron chi connectivity index (χ0n) is 10.7. The summed E-state index contributed by atoms with van der Waals surface area (Å²) in [5.41, 5.74) is 4.61. The molecule has 3 nitrogen and oxygen atoms in total. The summed E-state index contributed by atoms with van der Waals surface area (Å²) in [7, 11) is 0. The summed E-state index contributed by atoms with van der Waals surface area (Å²) in [4.78, 5) is 4.41. The quantitative estimate of drug-likeness (QED) is 0.854. The summed E-state index contributed by atoms with van der Waals surface area (Å²) >= 11 is 3.38. The van der Waals surface area contributed by atoms with Crippen molar-refractivity contribution in [2.45, 2.75) is 19.6 Å². The maximum atomic E-state index is 5.65. The van der Waals surface area contributed by atoms with Crippen molar-refractivity contribution in [3.8, 4) is 0 Å². The Kier molecular flexibility index (Phi) is 3.53. The van der Waals surface area contributed by atoms with Crippen molar-refractivity contribution < 1.29 is 4.74 Å². The molecule has 3 rings (SSSR count). The highest BCUT2D eigenvalue weighted by Crippen LogP contribution is 2.29. The summed E-state index contributed by atoms with van der Waals surface area (Å²) < 4.78 is 6.51. The van der Waals surface area contributed by atoms with Gasteiger partial charge in [0.1, 0.15) is 4.60 Å². The van der Waals surface area contributed by atoms with Crippen LogP contribution in [-0.4, -0.2) is 11.6 Å². The summed E-state index contributed by atoms with van der Waals surface area (Å²) in [6.45, 7) is 3.39. The fourth-order valence-electron chi connectivity index (χ4n) is 2.37. The average molecular weight is 319 g/mol. The third-order valence-corrected chi connectivity index (χ3v) is 3.80. The average Bonchev–Trinajstić information content (AvgIpc) is 2.42. The monoisotopic (exact) mass is 318 g/mol. The lowest BCUT2D eigenvalue weighted by atomic mass is 9.99. The molecule has 0 amide bonds. The Morgan fingerprint density at radius 3 is 2.95 bits per heavy atom. The van der Waals surface area contributed by atoms with Crippen LogP contribution in [0.3, 0.4) is 0 Å². The van der Waals surface area contributed by atoms with E-state index in [2.05, 4.69) is 50.5 Å². The van der Waals surface area contributed by atoms with Crippen LogP contribution in [0, 0.1) is 6.92 Å². The molecule has 0 fully saturated rings. The minimum Gasteiger partial charge on any atom is -0.374 e. The lowest BCUT2D eigenvalue weighted by molar-refractivity contribution is 0.0970. The van der Waals surface area contributed by atoms with E-state index in [1.54, 1.807) is 0 Å². The predicted molar refractivity (Wildman–Crippen MR) is 79.1 cm³/mol. The Hall–Kier alpha value is -1.39. The van der Waals surface area contributed by atoms with Gasteiger partial charge >= 0.3 is 0 Å². The normalized spacial score (nSPS) is 17.9. The van der Waals surface area contributed by atoms with Crippen molar-refractivity contribution in [1.29, 1.82) is 0 Å². The third-order valence-electron chi connectivity index (χ3n) is 3.35. The molecular weight excluding hydrogens is 304 g/mol. The van der Waals surface area contributed by atoms with E-state index in [9.17, 15) is 0 Å². The van der Waals surface area contributed by atoms with Gasteiger partial charge in [0.05, 0.1) is 30.6 Å². The molecule has 1 atom stereocenters. The highest BCUT2D eigenvalue weighted by Gasteiger charge is 2.20. The first kappa shape index (κ1) is 12.6. The van der Waals surface area contributed by atoms with Crippen molar-refractivity contribution in [2.75, 3.05) is 11.9 Å². The molecule has 0 bridgehead atoms. The Morgan fingerprint density at radius 1 is 1.26 bits per heavy atom. The van der Waals surface area contributed by atoms with Crippen molar-refractivity contribution in [3.05, 3.63) is 57.8 Å². The van der Waals surface area contributed by atoms with Gasteiger partial charge in [-0.05, 0) is 46.1 Å². The van der Waals surface area contributed by atoms with Gasteiger partial charge in [0.15, 0.2) is 0 Å². The molecular formula is C15H15BrN2O. The van der Waals surface area contributed by atoms with Crippen molar-refractivity contribution in [2.24, 2.45) is 0 Å². The van der Waals surface area contributed by atoms with Gasteiger partial charge in [-0.1, -0.05) is 24.3 Å². The summed E-state index contributed by atoms with van der Waals surface area (Å²) in [5.74, 6) is 0. The van der Waals surface area contributed by atoms with Gasteiger partial charge in [-0.15, -0.1) is 0 Å². The number of anilines is 1. The highest BCUT2D eigenvalue weighted by atomic mass is 79.9. The minimum absolute atomic E-state index is 0.187. The van der Waals surface area contributed by atoms with Crippen LogP contribution in [0.5, 0.6) is 0 Å². The van der Waals surface area contributed by atoms with E-state index in [1.807, 2.05) is 19.1 Å². The number of hydrogen-bond donors (Lipinski definition) is 1. The number of ether oxygens (including phenoxy) is 1. The van der Waals surface area contributed by atoms with Crippen LogP contribution in [0.1, 0.15) is 22.9 Å². The van der Waals surface area contributed by atoms with Crippen molar-refractivity contribution in [3.63, 3.8) is 0 Å². The Morgan fingerprint density at radius 2 is 2.11 bits per heavy atom. The number of benzene rings is 1. The molecule has 0 saturated heterocycles. The topological polar surface area (TPSA) is 34.2 Å². The number of fused-ring (bicyclic) bond motifs is 1. The largest absolute Gasteiger partial charge is 0.374 e. The number of hydrogen-bond acceptors (Lipinski definition) is 3. The van der Waals surface area contributed by atoms with Crippen LogP contribution in [-0.2, 0) is 11.3 Å². The molecule has 0 aliphatic carbocycles. The zero-order valence-corrected chi connectivity index (χ0v) is 12.3. The van der Waals surface area contributed by atoms with E-state index in [0.29, 0.717) is 13.2 Å². The lowest BCUT2D eigenvalue weighted by Gasteiger charge is -2.27. The van der Waals surface area contributed by atoms with E-state index in [-0.39, 0.29) is 6.04 Å². The maximum Gasteiger partial charge on any atom is 0.106 e. The molecule has 1 unspecified atom stereocenters. The Labute approximate surface area is 121 Å². The van der Waals surface area contributed by atoms with Crippen molar-refractivity contribution in [1.82, 2.24) is 4.98 Å². The van der Waals surface area contributed by atoms with Gasteiger partial charge < -0.3 is 10.1 Å². The van der Waals surface area contributed by atoms with Crippen LogP contribution in [0.4, 0.5) is 5.69 Å². The fraction of sp³-hybridized carbons (Fsp3) is 0.267. The van der Waals surface area contributed by atoms with Gasteiger partial charge in [0.2, 0.25) is 0 Å². The number of nitrogens with zero attached hydrogens (tertiary/aromatic N) is 1. The summed E-state index contributed by atoms with van der Waals surface area (Å²) in [6, 6.07) is 12.6. The first-order valence-electron chi connectivity index (χ1n) is 6.29. The SMILES string of the molecule is Cc1nc(Br)ccc1NC1COCc2ccccc21. The predicted octanol–water partition coefficient (Wildman–Crippen LogP) is 3.84. The number of halogens is 1. The molecule has 0 radical (unpaired) electrons. The molecule has 1 aromatic heterocycles. The molecule has 1 aliphatic heterocycles. The second kappa shape index (κ2) is 5.31. The number of nitrogens with one attached hydrogen (secondary N) is 1. The molecule has 2 aromatic rings. The van der Waals surface area contributed by atoms with Crippen LogP contribution in [0.15, 0.2) is 41.0 Å². The molecule has 1 N–H and O–H groups in total. The van der Waals surface area contributed by atoms with E-state index >= 15 is 0 Å². The molecule has 0 spiro atoms. The smallest absolute Gasteiger partial charge is 0.106 e. The number of rotatable bonds is 2. The summed E-state index contributed by atoms with van der Waals surface area (Å²) in [5, 5.41) is 3.52. The van der Waals surface area contributed by atoms with Gasteiger partial charge in [-0.2, -0.15) is 0 Å². The molecule has 19 heavy (non-hydrogen) atoms. The van der Waals surface area contributed by atoms with Crippen LogP contribution >= 0.6 is 15.9 Å². The maximum absolute atomic E-state index is 5.65. The van der Waals surface area contributed by atoms with Crippen LogP contribution in [0.2, 0.25) is 0 Å². The van der Waals surface area contributed by atoms with E-state index in [0.717, 1.165) is 16.0 Å². The van der Waals surface area contributed by atoms with Gasteiger partial charge in [0.25, 0.3) is 0 Å². The second-order valence-corrected chi connectivity index (χ2v) is 5.49. The number of aryl methyl sites for hydroxylation is 1. The highest BCUT2D eigenvalue weighted by molar-refractivity contribution is 9.10. The number of pyridine rings is 1. The van der Waals surface area contributed by atoms with Crippen LogP contribution in [0.25, 0.3) is 0 Å². The van der Waals surface area contributed by atoms with Crippen LogP contribution < -0.4 is 5.32 Å². The molecule has 98 valence electrons. The van der Waals surface area contributed by atoms with E-state index in [1.165, 1.54) is 11.1 Å². The standard InChI is InChI=1S/C15H15BrN2O/c1-10-13(6-7-15(16)17-10)18-14-9-19-8-11-4-2-3-5-12(11)14/h2-7,14,18H,8-9H2,1H3. The molecule has 2 heterocycles. The van der Waals surface area contributed by atoms with E-state index < -0.39 is 0 Å². The first-order valence-corrected chi connectivity index (χ1v) is 7.08.